The molecule has 124 valence electrons. The van der Waals surface area contributed by atoms with E-state index in [0.29, 0.717) is 18.8 Å². The van der Waals surface area contributed by atoms with Gasteiger partial charge in [0.05, 0.1) is 24.0 Å². The molecule has 1 aliphatic heterocycles. The fourth-order valence-electron chi connectivity index (χ4n) is 2.16. The van der Waals surface area contributed by atoms with Gasteiger partial charge in [0.15, 0.2) is 0 Å². The first-order valence-corrected chi connectivity index (χ1v) is 9.92. The molecule has 0 radical (unpaired) electrons. The predicted octanol–water partition coefficient (Wildman–Crippen LogP) is 0.486. The number of ether oxygens (including phenoxy) is 1. The summed E-state index contributed by atoms with van der Waals surface area (Å²) in [6.07, 6.45) is 2.71. The van der Waals surface area contributed by atoms with Crippen LogP contribution in [-0.4, -0.2) is 62.2 Å². The number of nitrogens with zero attached hydrogens (tertiary/aromatic N) is 2. The molecule has 0 saturated carbocycles. The molecule has 1 aliphatic rings. The number of aryl methyl sites for hydroxylation is 1. The highest BCUT2D eigenvalue weighted by molar-refractivity contribution is 7.88. The second-order valence-electron chi connectivity index (χ2n) is 5.20. The number of amides is 1. The molecule has 1 atom stereocenters. The maximum Gasteiger partial charge on any atom is 0.270 e. The van der Waals surface area contributed by atoms with Crippen molar-refractivity contribution in [2.75, 3.05) is 32.5 Å². The lowest BCUT2D eigenvalue weighted by molar-refractivity contribution is 0.000415. The van der Waals surface area contributed by atoms with Gasteiger partial charge in [0.25, 0.3) is 5.91 Å². The second kappa shape index (κ2) is 7.49. The zero-order valence-electron chi connectivity index (χ0n) is 12.7. The number of thiazole rings is 1. The van der Waals surface area contributed by atoms with Crippen LogP contribution in [0, 0.1) is 0 Å². The fraction of sp³-hybridized carbons (Fsp3) is 0.692. The molecule has 2 rings (SSSR count). The summed E-state index contributed by atoms with van der Waals surface area (Å²) >= 11 is 1.48. The molecule has 0 spiro atoms. The Morgan fingerprint density at radius 3 is 3.05 bits per heavy atom. The minimum absolute atomic E-state index is 0.251. The Balaban J connectivity index is 1.85. The Hall–Kier alpha value is -1.03. The van der Waals surface area contributed by atoms with E-state index >= 15 is 0 Å². The molecule has 1 aromatic rings. The van der Waals surface area contributed by atoms with Crippen molar-refractivity contribution in [1.29, 1.82) is 0 Å². The van der Waals surface area contributed by atoms with Crippen LogP contribution >= 0.6 is 11.3 Å². The van der Waals surface area contributed by atoms with E-state index in [9.17, 15) is 13.2 Å². The number of aromatic nitrogens is 1. The van der Waals surface area contributed by atoms with Gasteiger partial charge in [0.1, 0.15) is 5.69 Å². The fourth-order valence-corrected chi connectivity index (χ4v) is 3.88. The standard InChI is InChI=1S/C13H21N3O4S2/c1-3-4-12-15-11(9-21-12)13(17)14-7-10-8-16(5-6-20-10)22(2,18)19/h9-10H,3-8H2,1-2H3,(H,14,17). The van der Waals surface area contributed by atoms with Crippen LogP contribution in [0.15, 0.2) is 5.38 Å². The van der Waals surface area contributed by atoms with Crippen molar-refractivity contribution in [3.8, 4) is 0 Å². The molecule has 1 amide bonds. The van der Waals surface area contributed by atoms with Crippen LogP contribution in [0.1, 0.15) is 28.8 Å². The molecule has 1 fully saturated rings. The summed E-state index contributed by atoms with van der Waals surface area (Å²) in [5.41, 5.74) is 0.407. The maximum absolute atomic E-state index is 12.0. The first-order valence-electron chi connectivity index (χ1n) is 7.19. The zero-order valence-corrected chi connectivity index (χ0v) is 14.4. The third-order valence-corrected chi connectivity index (χ3v) is 5.49. The lowest BCUT2D eigenvalue weighted by Crippen LogP contribution is -2.49. The quantitative estimate of drug-likeness (QED) is 0.809. The number of sulfonamides is 1. The van der Waals surface area contributed by atoms with Crippen LogP contribution in [-0.2, 0) is 21.2 Å². The Labute approximate surface area is 134 Å². The molecule has 7 nitrogen and oxygen atoms in total. The lowest BCUT2D eigenvalue weighted by atomic mass is 10.3. The van der Waals surface area contributed by atoms with E-state index in [4.69, 9.17) is 4.74 Å². The third-order valence-electron chi connectivity index (χ3n) is 3.31. The Morgan fingerprint density at radius 1 is 1.59 bits per heavy atom. The number of hydrogen-bond donors (Lipinski definition) is 1. The Kier molecular flexibility index (Phi) is 5.90. The summed E-state index contributed by atoms with van der Waals surface area (Å²) in [5, 5.41) is 5.44. The summed E-state index contributed by atoms with van der Waals surface area (Å²) < 4.78 is 29.9. The zero-order chi connectivity index (χ0) is 16.2. The van der Waals surface area contributed by atoms with Gasteiger partial charge in [-0.2, -0.15) is 4.31 Å². The maximum atomic E-state index is 12.0. The lowest BCUT2D eigenvalue weighted by Gasteiger charge is -2.31. The molecule has 9 heteroatoms. The van der Waals surface area contributed by atoms with E-state index in [0.717, 1.165) is 17.8 Å². The molecule has 1 aromatic heterocycles. The first kappa shape index (κ1) is 17.3. The molecule has 22 heavy (non-hydrogen) atoms. The summed E-state index contributed by atoms with van der Waals surface area (Å²) in [6, 6.07) is 0. The largest absolute Gasteiger partial charge is 0.374 e. The van der Waals surface area contributed by atoms with E-state index < -0.39 is 10.0 Å². The van der Waals surface area contributed by atoms with Gasteiger partial charge < -0.3 is 10.1 Å². The van der Waals surface area contributed by atoms with Gasteiger partial charge in [-0.05, 0) is 12.8 Å². The van der Waals surface area contributed by atoms with Gasteiger partial charge >= 0.3 is 0 Å². The normalized spacial score (nSPS) is 20.0. The van der Waals surface area contributed by atoms with Gasteiger partial charge in [0, 0.05) is 25.0 Å². The Bertz CT molecular complexity index is 615. The Morgan fingerprint density at radius 2 is 2.36 bits per heavy atom. The average molecular weight is 347 g/mol. The van der Waals surface area contributed by atoms with Crippen molar-refractivity contribution in [2.45, 2.75) is 25.9 Å². The molecule has 0 bridgehead atoms. The van der Waals surface area contributed by atoms with Crippen LogP contribution in [0.25, 0.3) is 0 Å². The first-order chi connectivity index (χ1) is 10.4. The molecular weight excluding hydrogens is 326 g/mol. The summed E-state index contributed by atoms with van der Waals surface area (Å²) in [7, 11) is -3.22. The van der Waals surface area contributed by atoms with Crippen molar-refractivity contribution < 1.29 is 17.9 Å². The SMILES string of the molecule is CCCc1nc(C(=O)NCC2CN(S(C)(=O)=O)CCO2)cs1. The average Bonchev–Trinajstić information content (AvgIpc) is 2.93. The highest BCUT2D eigenvalue weighted by Gasteiger charge is 2.26. The van der Waals surface area contributed by atoms with Gasteiger partial charge in [-0.15, -0.1) is 11.3 Å². The van der Waals surface area contributed by atoms with E-state index in [1.807, 2.05) is 0 Å². The van der Waals surface area contributed by atoms with Gasteiger partial charge in [-0.25, -0.2) is 13.4 Å². The van der Waals surface area contributed by atoms with Crippen LogP contribution < -0.4 is 5.32 Å². The molecule has 0 aromatic carbocycles. The molecule has 2 heterocycles. The summed E-state index contributed by atoms with van der Waals surface area (Å²) in [6.45, 7) is 3.29. The van der Waals surface area contributed by atoms with Crippen LogP contribution in [0.4, 0.5) is 0 Å². The van der Waals surface area contributed by atoms with Crippen molar-refractivity contribution in [3.05, 3.63) is 16.1 Å². The molecule has 0 aliphatic carbocycles. The van der Waals surface area contributed by atoms with Crippen molar-refractivity contribution in [1.82, 2.24) is 14.6 Å². The number of rotatable bonds is 6. The van der Waals surface area contributed by atoms with Crippen molar-refractivity contribution in [2.24, 2.45) is 0 Å². The number of hydrogen-bond acceptors (Lipinski definition) is 6. The predicted molar refractivity (Wildman–Crippen MR) is 84.6 cm³/mol. The smallest absolute Gasteiger partial charge is 0.270 e. The second-order valence-corrected chi connectivity index (χ2v) is 8.13. The number of carbonyl (C=O) groups is 1. The number of morpholine rings is 1. The van der Waals surface area contributed by atoms with Gasteiger partial charge in [-0.1, -0.05) is 6.92 Å². The third kappa shape index (κ3) is 4.73. The van der Waals surface area contributed by atoms with E-state index in [2.05, 4.69) is 17.2 Å². The monoisotopic (exact) mass is 347 g/mol. The summed E-state index contributed by atoms with van der Waals surface area (Å²) in [4.78, 5) is 16.3. The minimum Gasteiger partial charge on any atom is -0.374 e. The number of carbonyl (C=O) groups excluding carboxylic acids is 1. The van der Waals surface area contributed by atoms with Gasteiger partial charge in [0.2, 0.25) is 10.0 Å². The summed E-state index contributed by atoms with van der Waals surface area (Å²) in [5.74, 6) is -0.251. The molecule has 1 N–H and O–H groups in total. The van der Waals surface area contributed by atoms with Crippen molar-refractivity contribution in [3.63, 3.8) is 0 Å². The van der Waals surface area contributed by atoms with Crippen LogP contribution in [0.3, 0.4) is 0 Å². The number of nitrogens with one attached hydrogen (secondary N) is 1. The van der Waals surface area contributed by atoms with Gasteiger partial charge in [-0.3, -0.25) is 4.79 Å². The van der Waals surface area contributed by atoms with Crippen LogP contribution in [0.5, 0.6) is 0 Å². The van der Waals surface area contributed by atoms with E-state index in [1.54, 1.807) is 5.38 Å². The molecule has 1 unspecified atom stereocenters. The molecule has 1 saturated heterocycles. The minimum atomic E-state index is -3.22. The topological polar surface area (TPSA) is 88.6 Å². The van der Waals surface area contributed by atoms with Crippen molar-refractivity contribution >= 4 is 27.3 Å². The highest BCUT2D eigenvalue weighted by Crippen LogP contribution is 2.12. The molecular formula is C13H21N3O4S2. The van der Waals surface area contributed by atoms with Crippen LogP contribution in [0.2, 0.25) is 0 Å². The highest BCUT2D eigenvalue weighted by atomic mass is 32.2. The van der Waals surface area contributed by atoms with E-state index in [1.165, 1.54) is 21.9 Å². The van der Waals surface area contributed by atoms with E-state index in [-0.39, 0.29) is 25.1 Å².